The van der Waals surface area contributed by atoms with Crippen LogP contribution in [0.4, 0.5) is 0 Å². The quantitative estimate of drug-likeness (QED) is 0.808. The van der Waals surface area contributed by atoms with Gasteiger partial charge in [-0.3, -0.25) is 0 Å². The van der Waals surface area contributed by atoms with Crippen LogP contribution in [0.5, 0.6) is 0 Å². The highest BCUT2D eigenvalue weighted by Gasteiger charge is 2.35. The summed E-state index contributed by atoms with van der Waals surface area (Å²) in [7, 11) is 0. The van der Waals surface area contributed by atoms with Crippen molar-refractivity contribution in [2.24, 2.45) is 5.41 Å². The van der Waals surface area contributed by atoms with Crippen molar-refractivity contribution >= 4 is 0 Å². The third kappa shape index (κ3) is 2.17. The van der Waals surface area contributed by atoms with Gasteiger partial charge in [-0.25, -0.2) is 9.97 Å². The molecule has 0 aliphatic heterocycles. The Bertz CT molecular complexity index is 307. The molecule has 1 aromatic heterocycles. The molecule has 1 atom stereocenters. The topological polar surface area (TPSA) is 46.0 Å². The average molecular weight is 206 g/mol. The van der Waals surface area contributed by atoms with Gasteiger partial charge in [0.1, 0.15) is 6.33 Å². The molecule has 1 saturated carbocycles. The summed E-state index contributed by atoms with van der Waals surface area (Å²) in [5.74, 6) is 0. The Balaban J connectivity index is 2.16. The molecular weight excluding hydrogens is 188 g/mol. The van der Waals surface area contributed by atoms with Crippen molar-refractivity contribution in [3.8, 4) is 0 Å². The van der Waals surface area contributed by atoms with Crippen molar-refractivity contribution in [3.05, 3.63) is 24.3 Å². The summed E-state index contributed by atoms with van der Waals surface area (Å²) in [5.41, 5.74) is 0.866. The van der Waals surface area contributed by atoms with Gasteiger partial charge in [-0.1, -0.05) is 26.2 Å². The molecule has 0 bridgehead atoms. The lowest BCUT2D eigenvalue weighted by Gasteiger charge is -2.37. The van der Waals surface area contributed by atoms with E-state index in [1.165, 1.54) is 25.6 Å². The standard InChI is InChI=1S/C12H18N2O/c1-12(5-3-2-4-6-12)11(15)10-7-13-9-14-8-10/h7-9,11,15H,2-6H2,1H3. The smallest absolute Gasteiger partial charge is 0.115 e. The van der Waals surface area contributed by atoms with Gasteiger partial charge in [0.15, 0.2) is 0 Å². The Morgan fingerprint density at radius 1 is 1.20 bits per heavy atom. The van der Waals surface area contributed by atoms with Crippen molar-refractivity contribution < 1.29 is 5.11 Å². The van der Waals surface area contributed by atoms with Crippen LogP contribution in [0.2, 0.25) is 0 Å². The zero-order valence-corrected chi connectivity index (χ0v) is 9.19. The van der Waals surface area contributed by atoms with Crippen molar-refractivity contribution in [3.63, 3.8) is 0 Å². The molecule has 1 fully saturated rings. The summed E-state index contributed by atoms with van der Waals surface area (Å²) in [6.07, 6.45) is 10.5. The second-order valence-corrected chi connectivity index (χ2v) is 4.79. The second-order valence-electron chi connectivity index (χ2n) is 4.79. The third-order valence-electron chi connectivity index (χ3n) is 3.55. The molecule has 0 aromatic carbocycles. The molecule has 0 saturated heterocycles. The van der Waals surface area contributed by atoms with Crippen LogP contribution in [0.3, 0.4) is 0 Å². The zero-order valence-electron chi connectivity index (χ0n) is 9.19. The molecule has 1 aromatic rings. The molecule has 1 unspecified atom stereocenters. The van der Waals surface area contributed by atoms with Crippen LogP contribution >= 0.6 is 0 Å². The van der Waals surface area contributed by atoms with Crippen LogP contribution in [0, 0.1) is 5.41 Å². The third-order valence-corrected chi connectivity index (χ3v) is 3.55. The Labute approximate surface area is 90.6 Å². The molecule has 1 N–H and O–H groups in total. The summed E-state index contributed by atoms with van der Waals surface area (Å²) in [6.45, 7) is 2.17. The van der Waals surface area contributed by atoms with E-state index < -0.39 is 6.10 Å². The number of hydrogen-bond acceptors (Lipinski definition) is 3. The van der Waals surface area contributed by atoms with E-state index in [9.17, 15) is 5.11 Å². The maximum atomic E-state index is 10.3. The van der Waals surface area contributed by atoms with E-state index >= 15 is 0 Å². The number of hydrogen-bond donors (Lipinski definition) is 1. The first kappa shape index (κ1) is 10.6. The number of rotatable bonds is 2. The maximum absolute atomic E-state index is 10.3. The number of aromatic nitrogens is 2. The van der Waals surface area contributed by atoms with Crippen LogP contribution < -0.4 is 0 Å². The van der Waals surface area contributed by atoms with Gasteiger partial charge in [0.05, 0.1) is 6.10 Å². The normalized spacial score (nSPS) is 22.3. The van der Waals surface area contributed by atoms with Gasteiger partial charge in [-0.05, 0) is 18.3 Å². The summed E-state index contributed by atoms with van der Waals surface area (Å²) in [4.78, 5) is 7.92. The minimum Gasteiger partial charge on any atom is -0.388 e. The summed E-state index contributed by atoms with van der Waals surface area (Å²) >= 11 is 0. The maximum Gasteiger partial charge on any atom is 0.115 e. The predicted molar refractivity (Wildman–Crippen MR) is 58.2 cm³/mol. The van der Waals surface area contributed by atoms with E-state index in [1.54, 1.807) is 12.4 Å². The van der Waals surface area contributed by atoms with Crippen molar-refractivity contribution in [2.45, 2.75) is 45.1 Å². The number of nitrogens with zero attached hydrogens (tertiary/aromatic N) is 2. The summed E-state index contributed by atoms with van der Waals surface area (Å²) < 4.78 is 0. The van der Waals surface area contributed by atoms with E-state index in [1.807, 2.05) is 0 Å². The highest BCUT2D eigenvalue weighted by atomic mass is 16.3. The first-order chi connectivity index (χ1) is 7.22. The Kier molecular flexibility index (Phi) is 3.00. The Morgan fingerprint density at radius 2 is 1.80 bits per heavy atom. The zero-order chi connectivity index (χ0) is 10.7. The van der Waals surface area contributed by atoms with Crippen LogP contribution in [-0.4, -0.2) is 15.1 Å². The minimum atomic E-state index is -0.418. The Morgan fingerprint density at radius 3 is 2.40 bits per heavy atom. The van der Waals surface area contributed by atoms with E-state index in [0.717, 1.165) is 18.4 Å². The molecule has 1 aliphatic carbocycles. The largest absolute Gasteiger partial charge is 0.388 e. The van der Waals surface area contributed by atoms with Crippen LogP contribution in [0.15, 0.2) is 18.7 Å². The van der Waals surface area contributed by atoms with Crippen molar-refractivity contribution in [2.75, 3.05) is 0 Å². The molecule has 1 heterocycles. The van der Waals surface area contributed by atoms with Crippen LogP contribution in [0.1, 0.15) is 50.7 Å². The lowest BCUT2D eigenvalue weighted by atomic mass is 9.70. The average Bonchev–Trinajstić information content (AvgIpc) is 2.30. The van der Waals surface area contributed by atoms with Gasteiger partial charge in [0.25, 0.3) is 0 Å². The molecule has 82 valence electrons. The molecule has 2 rings (SSSR count). The monoisotopic (exact) mass is 206 g/mol. The van der Waals surface area contributed by atoms with E-state index in [0.29, 0.717) is 0 Å². The minimum absolute atomic E-state index is 0.0168. The van der Waals surface area contributed by atoms with Gasteiger partial charge in [-0.2, -0.15) is 0 Å². The fraction of sp³-hybridized carbons (Fsp3) is 0.667. The molecular formula is C12H18N2O. The molecule has 0 radical (unpaired) electrons. The van der Waals surface area contributed by atoms with Gasteiger partial charge in [-0.15, -0.1) is 0 Å². The highest BCUT2D eigenvalue weighted by molar-refractivity contribution is 5.10. The summed E-state index contributed by atoms with van der Waals surface area (Å²) in [6, 6.07) is 0. The van der Waals surface area contributed by atoms with Crippen LogP contribution in [0.25, 0.3) is 0 Å². The molecule has 3 nitrogen and oxygen atoms in total. The van der Waals surface area contributed by atoms with E-state index in [2.05, 4.69) is 16.9 Å². The lowest BCUT2D eigenvalue weighted by molar-refractivity contribution is 0.00772. The molecule has 15 heavy (non-hydrogen) atoms. The van der Waals surface area contributed by atoms with Crippen molar-refractivity contribution in [1.29, 1.82) is 0 Å². The van der Waals surface area contributed by atoms with Crippen LogP contribution in [-0.2, 0) is 0 Å². The van der Waals surface area contributed by atoms with Gasteiger partial charge in [0, 0.05) is 18.0 Å². The van der Waals surface area contributed by atoms with Gasteiger partial charge in [0.2, 0.25) is 0 Å². The number of aliphatic hydroxyl groups excluding tert-OH is 1. The fourth-order valence-electron chi connectivity index (χ4n) is 2.49. The first-order valence-electron chi connectivity index (χ1n) is 5.65. The Hall–Kier alpha value is -0.960. The molecule has 0 spiro atoms. The first-order valence-corrected chi connectivity index (χ1v) is 5.65. The molecule has 1 aliphatic rings. The molecule has 3 heteroatoms. The summed E-state index contributed by atoms with van der Waals surface area (Å²) in [5, 5.41) is 10.3. The second kappa shape index (κ2) is 4.27. The van der Waals surface area contributed by atoms with Gasteiger partial charge < -0.3 is 5.11 Å². The number of aliphatic hydroxyl groups is 1. The van der Waals surface area contributed by atoms with Gasteiger partial charge >= 0.3 is 0 Å². The SMILES string of the molecule is CC1(C(O)c2cncnc2)CCCCC1. The predicted octanol–water partition coefficient (Wildman–Crippen LogP) is 2.48. The van der Waals surface area contributed by atoms with E-state index in [4.69, 9.17) is 0 Å². The van der Waals surface area contributed by atoms with Crippen molar-refractivity contribution in [1.82, 2.24) is 9.97 Å². The van der Waals surface area contributed by atoms with E-state index in [-0.39, 0.29) is 5.41 Å². The lowest BCUT2D eigenvalue weighted by Crippen LogP contribution is -2.28. The fourth-order valence-corrected chi connectivity index (χ4v) is 2.49. The highest BCUT2D eigenvalue weighted by Crippen LogP contribution is 2.45. The molecule has 0 amide bonds.